The number of rotatable bonds is 1. The van der Waals surface area contributed by atoms with Crippen molar-refractivity contribution in [3.8, 4) is 11.5 Å². The second kappa shape index (κ2) is 5.76. The number of nitrogens with zero attached hydrogens (tertiary/aromatic N) is 2. The fourth-order valence-electron chi connectivity index (χ4n) is 4.17. The van der Waals surface area contributed by atoms with Crippen LogP contribution in [0.25, 0.3) is 10.9 Å². The fraction of sp³-hybridized carbons (Fsp3) is 0.273. The summed E-state index contributed by atoms with van der Waals surface area (Å²) in [5.41, 5.74) is 0.973. The number of carbonyl (C=O) groups is 2. The Morgan fingerprint density at radius 3 is 2.93 bits per heavy atom. The van der Waals surface area contributed by atoms with Crippen molar-refractivity contribution in [1.82, 2.24) is 14.8 Å². The number of aromatic amines is 1. The minimum atomic E-state index is -2.34. The zero-order valence-electron chi connectivity index (χ0n) is 20.5. The van der Waals surface area contributed by atoms with Crippen LogP contribution in [-0.4, -0.2) is 53.0 Å². The molecule has 6 rings (SSSR count). The van der Waals surface area contributed by atoms with Crippen molar-refractivity contribution in [2.75, 3.05) is 20.4 Å². The van der Waals surface area contributed by atoms with Gasteiger partial charge in [0.05, 0.1) is 19.4 Å². The fourth-order valence-corrected chi connectivity index (χ4v) is 4.17. The number of hydrogen-bond acceptors (Lipinski definition) is 4. The first-order chi connectivity index (χ1) is 16.1. The van der Waals surface area contributed by atoms with Gasteiger partial charge in [-0.05, 0) is 29.3 Å². The quantitative estimate of drug-likeness (QED) is 0.687. The highest BCUT2D eigenvalue weighted by Gasteiger charge is 2.47. The number of para-hydroxylation sites is 1. The molecule has 0 saturated carbocycles. The Kier molecular flexibility index (Phi) is 2.42. The first kappa shape index (κ1) is 12.2. The molecule has 0 aliphatic carbocycles. The van der Waals surface area contributed by atoms with E-state index >= 15 is 0 Å². The number of benzene rings is 2. The molecule has 146 valence electrons. The maximum Gasteiger partial charge on any atom is 0.245 e. The van der Waals surface area contributed by atoms with Gasteiger partial charge in [0.2, 0.25) is 18.6 Å². The van der Waals surface area contributed by atoms with Crippen molar-refractivity contribution < 1.29 is 25.9 Å². The molecule has 0 radical (unpaired) electrons. The van der Waals surface area contributed by atoms with E-state index in [1.165, 1.54) is 7.05 Å². The minimum absolute atomic E-state index is 0.0760. The lowest BCUT2D eigenvalue weighted by Gasteiger charge is -2.46. The summed E-state index contributed by atoms with van der Waals surface area (Å²) in [6.07, 6.45) is -0.166. The highest BCUT2D eigenvalue weighted by atomic mass is 16.7. The third-order valence-electron chi connectivity index (χ3n) is 5.49. The third-order valence-corrected chi connectivity index (χ3v) is 5.49. The van der Waals surface area contributed by atoms with Crippen LogP contribution in [0.4, 0.5) is 0 Å². The predicted octanol–water partition coefficient (Wildman–Crippen LogP) is 2.21. The average Bonchev–Trinajstić information content (AvgIpc) is 3.42. The summed E-state index contributed by atoms with van der Waals surface area (Å²) < 4.78 is 55.5. The number of hydrogen-bond donors (Lipinski definition) is 1. The van der Waals surface area contributed by atoms with Crippen LogP contribution in [0.5, 0.6) is 11.5 Å². The van der Waals surface area contributed by atoms with Gasteiger partial charge in [-0.25, -0.2) is 0 Å². The molecule has 3 aromatic rings. The van der Waals surface area contributed by atoms with E-state index in [0.717, 1.165) is 9.80 Å². The molecule has 3 aliphatic heterocycles. The number of aromatic nitrogens is 1. The van der Waals surface area contributed by atoms with E-state index in [1.807, 2.05) is 0 Å². The zero-order chi connectivity index (χ0) is 24.2. The van der Waals surface area contributed by atoms with Crippen molar-refractivity contribution in [2.24, 2.45) is 0 Å². The maximum atomic E-state index is 13.4. The van der Waals surface area contributed by atoms with Gasteiger partial charge in [-0.2, -0.15) is 0 Å². The summed E-state index contributed by atoms with van der Waals surface area (Å²) in [4.78, 5) is 31.9. The zero-order valence-corrected chi connectivity index (χ0v) is 15.5. The van der Waals surface area contributed by atoms with Crippen LogP contribution in [0.15, 0.2) is 42.4 Å². The second-order valence-electron chi connectivity index (χ2n) is 7.20. The van der Waals surface area contributed by atoms with Crippen LogP contribution < -0.4 is 9.47 Å². The van der Waals surface area contributed by atoms with E-state index in [1.54, 1.807) is 24.3 Å². The van der Waals surface area contributed by atoms with E-state index in [4.69, 9.17) is 13.6 Å². The molecule has 7 nitrogen and oxygen atoms in total. The monoisotopic (exact) mass is 394 g/mol. The molecule has 2 amide bonds. The molecule has 2 atom stereocenters. The molecule has 1 saturated heterocycles. The van der Waals surface area contributed by atoms with Gasteiger partial charge < -0.3 is 24.3 Å². The Balaban J connectivity index is 1.76. The van der Waals surface area contributed by atoms with Crippen molar-refractivity contribution in [3.63, 3.8) is 0 Å². The van der Waals surface area contributed by atoms with Crippen LogP contribution in [0.3, 0.4) is 0 Å². The molecule has 0 unspecified atom stereocenters. The molecular formula is C22H19N3O4. The van der Waals surface area contributed by atoms with Gasteiger partial charge >= 0.3 is 0 Å². The summed E-state index contributed by atoms with van der Waals surface area (Å²) in [6, 6.07) is 1.34. The molecule has 29 heavy (non-hydrogen) atoms. The standard InChI is InChI=1S/C22H19N3O4/c1-24-10-19(26)25-16(22(24)27)9-14-13-4-2-3-5-15(13)23-20(14)21(25)12-6-7-17-18(8-12)29-11-28-17/h2-8,16,21,23H,9-11H2,1H3/t16-,21-/m1/s1/i6D,7D,8D,16D,21D. The summed E-state index contributed by atoms with van der Waals surface area (Å²) in [6.45, 7) is -0.596. The topological polar surface area (TPSA) is 74.9 Å². The van der Waals surface area contributed by atoms with E-state index < -0.39 is 42.0 Å². The van der Waals surface area contributed by atoms with Crippen molar-refractivity contribution in [1.29, 1.82) is 0 Å². The van der Waals surface area contributed by atoms with Gasteiger partial charge in [0, 0.05) is 30.1 Å². The Bertz CT molecular complexity index is 1440. The molecule has 4 heterocycles. The van der Waals surface area contributed by atoms with Crippen LogP contribution >= 0.6 is 0 Å². The van der Waals surface area contributed by atoms with Crippen LogP contribution in [0, 0.1) is 0 Å². The van der Waals surface area contributed by atoms with Gasteiger partial charge in [0.15, 0.2) is 11.5 Å². The highest BCUT2D eigenvalue weighted by molar-refractivity contribution is 5.97. The van der Waals surface area contributed by atoms with Gasteiger partial charge in [0.1, 0.15) is 6.02 Å². The largest absolute Gasteiger partial charge is 0.454 e. The smallest absolute Gasteiger partial charge is 0.245 e. The number of H-pyrrole nitrogens is 1. The Hall–Kier alpha value is -3.48. The molecule has 1 aromatic heterocycles. The summed E-state index contributed by atoms with van der Waals surface area (Å²) in [5, 5.41) is 0.679. The first-order valence-electron chi connectivity index (χ1n) is 11.7. The molecule has 0 spiro atoms. The number of fused-ring (bicyclic) bond motifs is 5. The third kappa shape index (κ3) is 2.24. The lowest BCUT2D eigenvalue weighted by Crippen LogP contribution is -2.62. The summed E-state index contributed by atoms with van der Waals surface area (Å²) in [7, 11) is 1.43. The number of amides is 2. The number of nitrogens with one attached hydrogen (secondary N) is 1. The molecule has 3 aliphatic rings. The number of likely N-dealkylation sites (N-methyl/N-ethyl adjacent to an activating group) is 1. The lowest BCUT2D eigenvalue weighted by atomic mass is 9.86. The minimum Gasteiger partial charge on any atom is -0.454 e. The van der Waals surface area contributed by atoms with E-state index in [2.05, 4.69) is 4.98 Å². The lowest BCUT2D eigenvalue weighted by molar-refractivity contribution is -0.157. The van der Waals surface area contributed by atoms with Crippen LogP contribution in [0.2, 0.25) is 0 Å². The molecule has 1 N–H and O–H groups in total. The van der Waals surface area contributed by atoms with E-state index in [9.17, 15) is 12.3 Å². The van der Waals surface area contributed by atoms with E-state index in [-0.39, 0.29) is 42.5 Å². The molecular weight excluding hydrogens is 370 g/mol. The Labute approximate surface area is 173 Å². The van der Waals surface area contributed by atoms with Gasteiger partial charge in [-0.3, -0.25) is 9.59 Å². The van der Waals surface area contributed by atoms with Crippen LogP contribution in [0.1, 0.15) is 29.7 Å². The Morgan fingerprint density at radius 1 is 1.21 bits per heavy atom. The summed E-state index contributed by atoms with van der Waals surface area (Å²) >= 11 is 0. The summed E-state index contributed by atoms with van der Waals surface area (Å²) in [5.74, 6) is -1.51. The van der Waals surface area contributed by atoms with Crippen molar-refractivity contribution in [3.05, 3.63) is 59.2 Å². The molecule has 2 aromatic carbocycles. The average molecular weight is 394 g/mol. The second-order valence-corrected chi connectivity index (χ2v) is 7.20. The molecule has 0 bridgehead atoms. The van der Waals surface area contributed by atoms with E-state index in [0.29, 0.717) is 16.5 Å². The maximum absolute atomic E-state index is 13.4. The molecule has 7 heteroatoms. The molecule has 1 fully saturated rings. The van der Waals surface area contributed by atoms with Gasteiger partial charge in [0.25, 0.3) is 0 Å². The Morgan fingerprint density at radius 2 is 2.03 bits per heavy atom. The van der Waals surface area contributed by atoms with Crippen LogP contribution in [-0.2, 0) is 16.0 Å². The SMILES string of the molecule is [2H]c1c([2H])c([C@]2([2H])c3[nH]c4ccccc4c3C[C@]3([2H])C(=O)N(C)CC(=O)N23)c([2H])c2c1OCO2. The van der Waals surface area contributed by atoms with Gasteiger partial charge in [-0.15, -0.1) is 0 Å². The number of carbonyl (C=O) groups excluding carboxylic acids is 2. The van der Waals surface area contributed by atoms with Gasteiger partial charge in [-0.1, -0.05) is 24.2 Å². The van der Waals surface area contributed by atoms with Crippen molar-refractivity contribution in [2.45, 2.75) is 18.5 Å². The first-order valence-corrected chi connectivity index (χ1v) is 9.19. The predicted molar refractivity (Wildman–Crippen MR) is 105 cm³/mol. The number of piperazine rings is 1. The highest BCUT2D eigenvalue weighted by Crippen LogP contribution is 2.44. The normalized spacial score (nSPS) is 30.3. The van der Waals surface area contributed by atoms with Crippen molar-refractivity contribution >= 4 is 22.7 Å². The number of ether oxygens (including phenoxy) is 2.